The predicted molar refractivity (Wildman–Crippen MR) is 69.1 cm³/mol. The van der Waals surface area contributed by atoms with Crippen molar-refractivity contribution in [2.24, 2.45) is 0 Å². The first kappa shape index (κ1) is 11.9. The van der Waals surface area contributed by atoms with Crippen molar-refractivity contribution in [3.05, 3.63) is 34.3 Å². The van der Waals surface area contributed by atoms with Crippen LogP contribution in [0.1, 0.15) is 11.5 Å². The van der Waals surface area contributed by atoms with Crippen LogP contribution < -0.4 is 0 Å². The van der Waals surface area contributed by atoms with Crippen LogP contribution in [0.5, 0.6) is 0 Å². The van der Waals surface area contributed by atoms with Gasteiger partial charge in [0.1, 0.15) is 6.29 Å². The topological polar surface area (TPSA) is 17.1 Å². The molecule has 0 bridgehead atoms. The Hall–Kier alpha value is -0.190. The van der Waals surface area contributed by atoms with Crippen molar-refractivity contribution in [3.63, 3.8) is 0 Å². The molecule has 0 spiro atoms. The number of benzene rings is 1. The Balaban J connectivity index is 2.95. The zero-order valence-corrected chi connectivity index (χ0v) is 10.8. The lowest BCUT2D eigenvalue weighted by Gasteiger charge is -2.09. The smallest absolute Gasteiger partial charge is 0.133 e. The highest BCUT2D eigenvalue weighted by Crippen LogP contribution is 2.22. The standard InChI is InChI=1S/C10H9BrOS2/c1-14-10(13)9(6-12)7-2-4-8(11)5-3-7/h2-6,9H,1H3/t9-/m1/s1. The zero-order valence-electron chi connectivity index (χ0n) is 7.57. The lowest BCUT2D eigenvalue weighted by atomic mass is 10.0. The maximum Gasteiger partial charge on any atom is 0.133 e. The molecule has 0 aliphatic carbocycles. The Morgan fingerprint density at radius 2 is 2.07 bits per heavy atom. The highest BCUT2D eigenvalue weighted by molar-refractivity contribution is 9.10. The van der Waals surface area contributed by atoms with Crippen LogP contribution in [-0.4, -0.2) is 16.7 Å². The second-order valence-electron chi connectivity index (χ2n) is 2.69. The van der Waals surface area contributed by atoms with Crippen molar-refractivity contribution >= 4 is 50.4 Å². The molecule has 14 heavy (non-hydrogen) atoms. The first-order valence-corrected chi connectivity index (χ1v) is 6.40. The number of thioether (sulfide) groups is 1. The fraction of sp³-hybridized carbons (Fsp3) is 0.200. The van der Waals surface area contributed by atoms with E-state index >= 15 is 0 Å². The SMILES string of the molecule is CSC(=S)[C@H](C=O)c1ccc(Br)cc1. The minimum atomic E-state index is -0.270. The van der Waals surface area contributed by atoms with Gasteiger partial charge in [0.2, 0.25) is 0 Å². The van der Waals surface area contributed by atoms with Crippen LogP contribution in [0.2, 0.25) is 0 Å². The summed E-state index contributed by atoms with van der Waals surface area (Å²) < 4.78 is 1.71. The minimum absolute atomic E-state index is 0.270. The van der Waals surface area contributed by atoms with Gasteiger partial charge in [-0.15, -0.1) is 11.8 Å². The van der Waals surface area contributed by atoms with E-state index in [1.165, 1.54) is 11.8 Å². The van der Waals surface area contributed by atoms with Gasteiger partial charge in [0, 0.05) is 4.47 Å². The molecule has 0 amide bonds. The van der Waals surface area contributed by atoms with Crippen LogP contribution in [0.4, 0.5) is 0 Å². The molecule has 0 aliphatic heterocycles. The Morgan fingerprint density at radius 3 is 2.50 bits per heavy atom. The summed E-state index contributed by atoms with van der Waals surface area (Å²) in [7, 11) is 0. The summed E-state index contributed by atoms with van der Waals surface area (Å²) in [6.45, 7) is 0. The van der Waals surface area contributed by atoms with Gasteiger partial charge in [0.15, 0.2) is 0 Å². The van der Waals surface area contributed by atoms with Crippen molar-refractivity contribution in [1.82, 2.24) is 0 Å². The molecule has 0 heterocycles. The number of carbonyl (C=O) groups excluding carboxylic acids is 1. The number of hydrogen-bond acceptors (Lipinski definition) is 3. The molecule has 0 unspecified atom stereocenters. The van der Waals surface area contributed by atoms with E-state index in [-0.39, 0.29) is 5.92 Å². The van der Waals surface area contributed by atoms with Crippen molar-refractivity contribution in [2.75, 3.05) is 6.26 Å². The zero-order chi connectivity index (χ0) is 10.6. The number of halogens is 1. The molecular weight excluding hydrogens is 280 g/mol. The third-order valence-electron chi connectivity index (χ3n) is 1.82. The van der Waals surface area contributed by atoms with E-state index in [0.717, 1.165) is 16.3 Å². The van der Waals surface area contributed by atoms with Gasteiger partial charge in [0.25, 0.3) is 0 Å². The molecule has 0 saturated carbocycles. The summed E-state index contributed by atoms with van der Waals surface area (Å²) in [5.41, 5.74) is 0.947. The highest BCUT2D eigenvalue weighted by Gasteiger charge is 2.14. The maximum atomic E-state index is 10.9. The Kier molecular flexibility index (Phi) is 4.78. The lowest BCUT2D eigenvalue weighted by Crippen LogP contribution is -2.07. The number of hydrogen-bond donors (Lipinski definition) is 0. The van der Waals surface area contributed by atoms with E-state index in [4.69, 9.17) is 12.2 Å². The molecule has 0 radical (unpaired) electrons. The van der Waals surface area contributed by atoms with Crippen LogP contribution in [-0.2, 0) is 4.79 Å². The summed E-state index contributed by atoms with van der Waals surface area (Å²) in [4.78, 5) is 10.9. The van der Waals surface area contributed by atoms with Crippen molar-refractivity contribution in [3.8, 4) is 0 Å². The monoisotopic (exact) mass is 288 g/mol. The minimum Gasteiger partial charge on any atom is -0.302 e. The Labute approximate surface area is 101 Å². The van der Waals surface area contributed by atoms with Crippen molar-refractivity contribution in [2.45, 2.75) is 5.92 Å². The molecule has 1 atom stereocenters. The highest BCUT2D eigenvalue weighted by atomic mass is 79.9. The maximum absolute atomic E-state index is 10.9. The van der Waals surface area contributed by atoms with Crippen LogP contribution in [0.3, 0.4) is 0 Å². The normalized spacial score (nSPS) is 12.1. The summed E-state index contributed by atoms with van der Waals surface area (Å²) >= 11 is 9.90. The molecule has 0 N–H and O–H groups in total. The van der Waals surface area contributed by atoms with Gasteiger partial charge in [-0.2, -0.15) is 0 Å². The van der Waals surface area contributed by atoms with Crippen LogP contribution in [0.25, 0.3) is 0 Å². The molecule has 74 valence electrons. The molecular formula is C10H9BrOS2. The third kappa shape index (κ3) is 2.90. The molecule has 0 aliphatic rings. The fourth-order valence-corrected chi connectivity index (χ4v) is 1.97. The predicted octanol–water partition coefficient (Wildman–Crippen LogP) is 3.42. The Bertz CT molecular complexity index is 334. The molecule has 1 rings (SSSR count). The van der Waals surface area contributed by atoms with E-state index in [1.54, 1.807) is 0 Å². The van der Waals surface area contributed by atoms with Crippen molar-refractivity contribution in [1.29, 1.82) is 0 Å². The van der Waals surface area contributed by atoms with Crippen LogP contribution in [0, 0.1) is 0 Å². The van der Waals surface area contributed by atoms with Crippen molar-refractivity contribution < 1.29 is 4.79 Å². The third-order valence-corrected chi connectivity index (χ3v) is 3.76. The summed E-state index contributed by atoms with van der Waals surface area (Å²) in [5, 5.41) is 0. The molecule has 1 nitrogen and oxygen atoms in total. The molecule has 1 aromatic rings. The van der Waals surface area contributed by atoms with Gasteiger partial charge in [-0.25, -0.2) is 0 Å². The molecule has 0 saturated heterocycles. The van der Waals surface area contributed by atoms with Gasteiger partial charge in [-0.1, -0.05) is 40.3 Å². The molecule has 4 heteroatoms. The van der Waals surface area contributed by atoms with Gasteiger partial charge < -0.3 is 4.79 Å². The lowest BCUT2D eigenvalue weighted by molar-refractivity contribution is -0.107. The second kappa shape index (κ2) is 5.63. The summed E-state index contributed by atoms with van der Waals surface area (Å²) in [6, 6.07) is 7.64. The van der Waals surface area contributed by atoms with E-state index in [2.05, 4.69) is 15.9 Å². The van der Waals surface area contributed by atoms with Crippen LogP contribution in [0.15, 0.2) is 28.7 Å². The van der Waals surface area contributed by atoms with Gasteiger partial charge in [0.05, 0.1) is 10.1 Å². The van der Waals surface area contributed by atoms with E-state index in [1.807, 2.05) is 30.5 Å². The first-order valence-electron chi connectivity index (χ1n) is 3.97. The fourth-order valence-electron chi connectivity index (χ4n) is 1.07. The van der Waals surface area contributed by atoms with Crippen LogP contribution >= 0.6 is 39.9 Å². The number of aldehydes is 1. The molecule has 0 aromatic heterocycles. The number of carbonyl (C=O) groups is 1. The quantitative estimate of drug-likeness (QED) is 0.627. The Morgan fingerprint density at radius 1 is 1.50 bits per heavy atom. The molecule has 0 fully saturated rings. The average Bonchev–Trinajstić information content (AvgIpc) is 2.21. The number of rotatable bonds is 3. The average molecular weight is 289 g/mol. The second-order valence-corrected chi connectivity index (χ2v) is 5.15. The van der Waals surface area contributed by atoms with Gasteiger partial charge in [-0.05, 0) is 24.0 Å². The summed E-state index contributed by atoms with van der Waals surface area (Å²) in [6.07, 6.45) is 2.78. The first-order chi connectivity index (χ1) is 6.69. The van der Waals surface area contributed by atoms with E-state index in [0.29, 0.717) is 4.20 Å². The summed E-state index contributed by atoms with van der Waals surface area (Å²) in [5.74, 6) is -0.270. The number of thiocarbonyl (C=S) groups is 1. The van der Waals surface area contributed by atoms with Gasteiger partial charge in [-0.3, -0.25) is 0 Å². The van der Waals surface area contributed by atoms with Gasteiger partial charge >= 0.3 is 0 Å². The molecule has 1 aromatic carbocycles. The van der Waals surface area contributed by atoms with E-state index < -0.39 is 0 Å². The van der Waals surface area contributed by atoms with E-state index in [9.17, 15) is 4.79 Å². The largest absolute Gasteiger partial charge is 0.302 e.